The average molecular weight is 442 g/mol. The first-order valence-corrected chi connectivity index (χ1v) is 10.3. The fourth-order valence-corrected chi connectivity index (χ4v) is 3.31. The second kappa shape index (κ2) is 12.0. The number of halogens is 3. The van der Waals surface area contributed by atoms with Gasteiger partial charge in [0.2, 0.25) is 5.91 Å². The van der Waals surface area contributed by atoms with Gasteiger partial charge < -0.3 is 10.1 Å². The zero-order chi connectivity index (χ0) is 22.8. The molecule has 0 aliphatic heterocycles. The van der Waals surface area contributed by atoms with Crippen molar-refractivity contribution in [1.29, 1.82) is 0 Å². The molecule has 7 heteroatoms. The van der Waals surface area contributed by atoms with E-state index in [-0.39, 0.29) is 18.8 Å². The molecule has 0 bridgehead atoms. The van der Waals surface area contributed by atoms with Gasteiger partial charge in [0.15, 0.2) is 0 Å². The molecule has 0 aliphatic carbocycles. The normalized spacial score (nSPS) is 12.2. The highest BCUT2D eigenvalue weighted by Gasteiger charge is 2.26. The topological polar surface area (TPSA) is 41.6 Å². The smallest absolute Gasteiger partial charge is 0.346 e. The zero-order valence-corrected chi connectivity index (χ0v) is 17.5. The highest BCUT2D eigenvalue weighted by molar-refractivity contribution is 5.76. The molecule has 0 aliphatic rings. The van der Waals surface area contributed by atoms with Gasteiger partial charge in [0, 0.05) is 19.6 Å². The Hall–Kier alpha value is -3.16. The molecule has 4 nitrogen and oxygen atoms in total. The number of carbonyl (C=O) groups excluding carboxylic acids is 1. The number of benzene rings is 3. The van der Waals surface area contributed by atoms with Crippen molar-refractivity contribution in [2.75, 3.05) is 0 Å². The highest BCUT2D eigenvalue weighted by atomic mass is 19.3. The Kier molecular flexibility index (Phi) is 8.83. The van der Waals surface area contributed by atoms with E-state index in [2.05, 4.69) is 5.32 Å². The highest BCUT2D eigenvalue weighted by Crippen LogP contribution is 2.19. The molecule has 168 valence electrons. The number of nitrogens with zero attached hydrogens (tertiary/aromatic N) is 1. The first-order chi connectivity index (χ1) is 15.5. The minimum Gasteiger partial charge on any atom is -0.352 e. The summed E-state index contributed by atoms with van der Waals surface area (Å²) in [7, 11) is 0. The SMILES string of the molecule is O=C(CC(OC(F)F)N(Cc1ccccc1)Cc1ccccc1)NCc1ccc(F)cc1. The lowest BCUT2D eigenvalue weighted by Crippen LogP contribution is -2.41. The van der Waals surface area contributed by atoms with Crippen molar-refractivity contribution in [2.24, 2.45) is 0 Å². The largest absolute Gasteiger partial charge is 0.352 e. The zero-order valence-electron chi connectivity index (χ0n) is 17.5. The van der Waals surface area contributed by atoms with Crippen LogP contribution in [0.4, 0.5) is 13.2 Å². The monoisotopic (exact) mass is 442 g/mol. The molecule has 0 saturated heterocycles. The van der Waals surface area contributed by atoms with Gasteiger partial charge in [-0.15, -0.1) is 0 Å². The Labute approximate surface area is 185 Å². The van der Waals surface area contributed by atoms with Crippen LogP contribution >= 0.6 is 0 Å². The van der Waals surface area contributed by atoms with E-state index in [1.807, 2.05) is 60.7 Å². The van der Waals surface area contributed by atoms with Gasteiger partial charge in [-0.2, -0.15) is 8.78 Å². The number of ether oxygens (including phenoxy) is 1. The third-order valence-corrected chi connectivity index (χ3v) is 4.89. The Balaban J connectivity index is 1.72. The lowest BCUT2D eigenvalue weighted by molar-refractivity contribution is -0.209. The van der Waals surface area contributed by atoms with Crippen LogP contribution < -0.4 is 5.32 Å². The van der Waals surface area contributed by atoms with Crippen molar-refractivity contribution in [2.45, 2.75) is 38.9 Å². The first kappa shape index (κ1) is 23.5. The third kappa shape index (κ3) is 7.83. The molecule has 0 aromatic heterocycles. The van der Waals surface area contributed by atoms with Gasteiger partial charge in [0.05, 0.1) is 6.42 Å². The summed E-state index contributed by atoms with van der Waals surface area (Å²) < 4.78 is 44.4. The molecule has 0 heterocycles. The maximum atomic E-state index is 13.2. The van der Waals surface area contributed by atoms with E-state index in [1.54, 1.807) is 17.0 Å². The predicted octanol–water partition coefficient (Wildman–Crippen LogP) is 5.10. The van der Waals surface area contributed by atoms with Crippen molar-refractivity contribution in [3.8, 4) is 0 Å². The summed E-state index contributed by atoms with van der Waals surface area (Å²) >= 11 is 0. The molecule has 3 rings (SSSR count). The second-order valence-corrected chi connectivity index (χ2v) is 7.33. The summed E-state index contributed by atoms with van der Waals surface area (Å²) in [6, 6.07) is 24.5. The molecule has 1 atom stereocenters. The standard InChI is InChI=1S/C25H25F3N2O2/c26-22-13-11-19(12-14-22)16-29-23(31)15-24(32-25(27)28)30(17-20-7-3-1-4-8-20)18-21-9-5-2-6-10-21/h1-14,24-25H,15-18H2,(H,29,31). The summed E-state index contributed by atoms with van der Waals surface area (Å²) in [6.07, 6.45) is -1.41. The maximum absolute atomic E-state index is 13.2. The van der Waals surface area contributed by atoms with Crippen LogP contribution in [0.15, 0.2) is 84.9 Å². The number of rotatable bonds is 11. The van der Waals surface area contributed by atoms with Crippen LogP contribution in [0, 0.1) is 5.82 Å². The number of hydrogen-bond acceptors (Lipinski definition) is 3. The number of nitrogens with one attached hydrogen (secondary N) is 1. The van der Waals surface area contributed by atoms with Crippen LogP contribution in [0.1, 0.15) is 23.1 Å². The van der Waals surface area contributed by atoms with Gasteiger partial charge in [0.1, 0.15) is 12.0 Å². The summed E-state index contributed by atoms with van der Waals surface area (Å²) in [5, 5.41) is 2.69. The Morgan fingerprint density at radius 2 is 1.34 bits per heavy atom. The fraction of sp³-hybridized carbons (Fsp3) is 0.240. The van der Waals surface area contributed by atoms with E-state index in [4.69, 9.17) is 4.74 Å². The van der Waals surface area contributed by atoms with Crippen LogP contribution in [0.5, 0.6) is 0 Å². The van der Waals surface area contributed by atoms with E-state index < -0.39 is 18.7 Å². The van der Waals surface area contributed by atoms with Gasteiger partial charge in [0.25, 0.3) is 0 Å². The number of carbonyl (C=O) groups is 1. The van der Waals surface area contributed by atoms with Crippen LogP contribution in [0.25, 0.3) is 0 Å². The Morgan fingerprint density at radius 3 is 1.84 bits per heavy atom. The van der Waals surface area contributed by atoms with Gasteiger partial charge in [-0.1, -0.05) is 72.8 Å². The molecule has 3 aromatic carbocycles. The van der Waals surface area contributed by atoms with Gasteiger partial charge in [-0.25, -0.2) is 4.39 Å². The lowest BCUT2D eigenvalue weighted by atomic mass is 10.1. The molecule has 0 fully saturated rings. The molecule has 3 aromatic rings. The first-order valence-electron chi connectivity index (χ1n) is 10.3. The summed E-state index contributed by atoms with van der Waals surface area (Å²) in [5.74, 6) is -0.811. The van der Waals surface area contributed by atoms with Crippen LogP contribution in [-0.2, 0) is 29.2 Å². The van der Waals surface area contributed by atoms with Gasteiger partial charge >= 0.3 is 6.61 Å². The predicted molar refractivity (Wildman–Crippen MR) is 116 cm³/mol. The van der Waals surface area contributed by atoms with E-state index in [0.29, 0.717) is 18.7 Å². The van der Waals surface area contributed by atoms with Gasteiger partial charge in [-0.05, 0) is 28.8 Å². The summed E-state index contributed by atoms with van der Waals surface area (Å²) in [5.41, 5.74) is 2.53. The van der Waals surface area contributed by atoms with Crippen molar-refractivity contribution in [3.63, 3.8) is 0 Å². The number of amides is 1. The number of alkyl halides is 2. The Bertz CT molecular complexity index is 912. The molecular formula is C25H25F3N2O2. The van der Waals surface area contributed by atoms with Crippen molar-refractivity contribution in [3.05, 3.63) is 107 Å². The van der Waals surface area contributed by atoms with E-state index in [9.17, 15) is 18.0 Å². The molecule has 1 unspecified atom stereocenters. The summed E-state index contributed by atoms with van der Waals surface area (Å²) in [4.78, 5) is 14.3. The van der Waals surface area contributed by atoms with Crippen molar-refractivity contribution in [1.82, 2.24) is 10.2 Å². The van der Waals surface area contributed by atoms with Crippen molar-refractivity contribution < 1.29 is 22.7 Å². The molecule has 0 radical (unpaired) electrons. The van der Waals surface area contributed by atoms with Crippen molar-refractivity contribution >= 4 is 5.91 Å². The lowest BCUT2D eigenvalue weighted by Gasteiger charge is -2.31. The minimum atomic E-state index is -3.03. The Morgan fingerprint density at radius 1 is 0.812 bits per heavy atom. The molecule has 0 spiro atoms. The second-order valence-electron chi connectivity index (χ2n) is 7.33. The van der Waals surface area contributed by atoms with Crippen LogP contribution in [0.2, 0.25) is 0 Å². The molecule has 32 heavy (non-hydrogen) atoms. The van der Waals surface area contributed by atoms with Crippen LogP contribution in [-0.4, -0.2) is 23.6 Å². The molecule has 1 N–H and O–H groups in total. The third-order valence-electron chi connectivity index (χ3n) is 4.89. The van der Waals surface area contributed by atoms with Gasteiger partial charge in [-0.3, -0.25) is 9.69 Å². The number of hydrogen-bond donors (Lipinski definition) is 1. The van der Waals surface area contributed by atoms with E-state index in [1.165, 1.54) is 12.1 Å². The maximum Gasteiger partial charge on any atom is 0.346 e. The average Bonchev–Trinajstić information content (AvgIpc) is 2.79. The minimum absolute atomic E-state index is 0.165. The molecular weight excluding hydrogens is 417 g/mol. The fourth-order valence-electron chi connectivity index (χ4n) is 3.31. The summed E-state index contributed by atoms with van der Waals surface area (Å²) in [6.45, 7) is -2.20. The molecule has 1 amide bonds. The van der Waals surface area contributed by atoms with Crippen LogP contribution in [0.3, 0.4) is 0 Å². The molecule has 0 saturated carbocycles. The quantitative estimate of drug-likeness (QED) is 0.420. The van der Waals surface area contributed by atoms with E-state index >= 15 is 0 Å². The van der Waals surface area contributed by atoms with E-state index in [0.717, 1.165) is 11.1 Å².